The third-order valence-electron chi connectivity index (χ3n) is 3.22. The van der Waals surface area contributed by atoms with Crippen molar-refractivity contribution in [2.24, 2.45) is 5.92 Å². The molecule has 0 radical (unpaired) electrons. The Kier molecular flexibility index (Phi) is 3.74. The number of rotatable bonds is 2. The van der Waals surface area contributed by atoms with Gasteiger partial charge in [0.1, 0.15) is 0 Å². The lowest BCUT2D eigenvalue weighted by atomic mass is 9.96. The van der Waals surface area contributed by atoms with Crippen LogP contribution in [0.2, 0.25) is 5.02 Å². The fourth-order valence-electron chi connectivity index (χ4n) is 2.12. The van der Waals surface area contributed by atoms with E-state index in [4.69, 9.17) is 16.3 Å². The zero-order valence-corrected chi connectivity index (χ0v) is 10.8. The van der Waals surface area contributed by atoms with Gasteiger partial charge in [-0.15, -0.1) is 0 Å². The van der Waals surface area contributed by atoms with Crippen molar-refractivity contribution in [3.05, 3.63) is 17.3 Å². The Morgan fingerprint density at radius 3 is 3.00 bits per heavy atom. The SMILES string of the molecule is COc1cc(N2CCC(O)C(C)C2)c(Cl)cn1. The average Bonchev–Trinajstić information content (AvgIpc) is 2.33. The summed E-state index contributed by atoms with van der Waals surface area (Å²) in [7, 11) is 1.59. The largest absolute Gasteiger partial charge is 0.481 e. The first kappa shape index (κ1) is 12.5. The van der Waals surface area contributed by atoms with E-state index in [1.165, 1.54) is 0 Å². The summed E-state index contributed by atoms with van der Waals surface area (Å²) in [5.41, 5.74) is 0.928. The van der Waals surface area contributed by atoms with Gasteiger partial charge in [-0.05, 0) is 12.3 Å². The monoisotopic (exact) mass is 256 g/mol. The number of piperidine rings is 1. The van der Waals surface area contributed by atoms with E-state index >= 15 is 0 Å². The number of halogens is 1. The fraction of sp³-hybridized carbons (Fsp3) is 0.583. The molecule has 0 bridgehead atoms. The Balaban J connectivity index is 2.21. The van der Waals surface area contributed by atoms with Gasteiger partial charge in [-0.2, -0.15) is 0 Å². The molecule has 1 aliphatic heterocycles. The molecular weight excluding hydrogens is 240 g/mol. The lowest BCUT2D eigenvalue weighted by molar-refractivity contribution is 0.0971. The van der Waals surface area contributed by atoms with E-state index < -0.39 is 0 Å². The summed E-state index contributed by atoms with van der Waals surface area (Å²) in [6.07, 6.45) is 2.15. The molecule has 1 aromatic heterocycles. The normalized spacial score (nSPS) is 24.8. The molecular formula is C12H17ClN2O2. The highest BCUT2D eigenvalue weighted by Gasteiger charge is 2.25. The summed E-state index contributed by atoms with van der Waals surface area (Å²) in [6.45, 7) is 3.65. The molecule has 0 aromatic carbocycles. The predicted molar refractivity (Wildman–Crippen MR) is 67.8 cm³/mol. The Morgan fingerprint density at radius 2 is 2.35 bits per heavy atom. The van der Waals surface area contributed by atoms with Gasteiger partial charge in [0.25, 0.3) is 0 Å². The van der Waals surface area contributed by atoms with Gasteiger partial charge < -0.3 is 14.7 Å². The summed E-state index contributed by atoms with van der Waals surface area (Å²) in [5, 5.41) is 10.3. The zero-order valence-electron chi connectivity index (χ0n) is 10.1. The molecule has 2 atom stereocenters. The first-order valence-corrected chi connectivity index (χ1v) is 6.12. The molecule has 1 aromatic rings. The minimum absolute atomic E-state index is 0.214. The zero-order chi connectivity index (χ0) is 12.4. The molecule has 2 rings (SSSR count). The highest BCUT2D eigenvalue weighted by atomic mass is 35.5. The van der Waals surface area contributed by atoms with Gasteiger partial charge in [-0.1, -0.05) is 18.5 Å². The third kappa shape index (κ3) is 2.64. The third-order valence-corrected chi connectivity index (χ3v) is 3.51. The predicted octanol–water partition coefficient (Wildman–Crippen LogP) is 1.95. The van der Waals surface area contributed by atoms with E-state index in [9.17, 15) is 5.11 Å². The summed E-state index contributed by atoms with van der Waals surface area (Å²) in [6, 6.07) is 1.84. The molecule has 0 amide bonds. The average molecular weight is 257 g/mol. The summed E-state index contributed by atoms with van der Waals surface area (Å²) < 4.78 is 5.10. The number of aliphatic hydroxyl groups is 1. The molecule has 17 heavy (non-hydrogen) atoms. The van der Waals surface area contributed by atoms with Crippen molar-refractivity contribution in [1.29, 1.82) is 0 Å². The van der Waals surface area contributed by atoms with Crippen molar-refractivity contribution in [3.8, 4) is 5.88 Å². The molecule has 0 aliphatic carbocycles. The van der Waals surface area contributed by atoms with Crippen LogP contribution in [0.1, 0.15) is 13.3 Å². The van der Waals surface area contributed by atoms with Gasteiger partial charge in [-0.25, -0.2) is 4.98 Å². The second-order valence-electron chi connectivity index (χ2n) is 4.46. The molecule has 1 saturated heterocycles. The van der Waals surface area contributed by atoms with Crippen molar-refractivity contribution < 1.29 is 9.84 Å². The highest BCUT2D eigenvalue weighted by Crippen LogP contribution is 2.31. The maximum absolute atomic E-state index is 9.72. The van der Waals surface area contributed by atoms with Gasteiger partial charge in [-0.3, -0.25) is 0 Å². The number of ether oxygens (including phenoxy) is 1. The van der Waals surface area contributed by atoms with Crippen LogP contribution in [0.5, 0.6) is 5.88 Å². The minimum Gasteiger partial charge on any atom is -0.481 e. The van der Waals surface area contributed by atoms with E-state index in [1.807, 2.05) is 13.0 Å². The van der Waals surface area contributed by atoms with Gasteiger partial charge in [0.15, 0.2) is 0 Å². The number of nitrogens with zero attached hydrogens (tertiary/aromatic N) is 2. The van der Waals surface area contributed by atoms with Crippen molar-refractivity contribution in [1.82, 2.24) is 4.98 Å². The topological polar surface area (TPSA) is 45.6 Å². The molecule has 2 unspecified atom stereocenters. The molecule has 5 heteroatoms. The van der Waals surface area contributed by atoms with Crippen LogP contribution < -0.4 is 9.64 Å². The smallest absolute Gasteiger partial charge is 0.215 e. The standard InChI is InChI=1S/C12H17ClN2O2/c1-8-7-15(4-3-11(8)16)10-5-12(17-2)14-6-9(10)13/h5-6,8,11,16H,3-4,7H2,1-2H3. The Morgan fingerprint density at radius 1 is 1.59 bits per heavy atom. The second-order valence-corrected chi connectivity index (χ2v) is 4.86. The Hall–Kier alpha value is -1.00. The van der Waals surface area contributed by atoms with E-state index in [1.54, 1.807) is 13.3 Å². The quantitative estimate of drug-likeness (QED) is 0.879. The number of pyridine rings is 1. The molecule has 0 saturated carbocycles. The number of anilines is 1. The van der Waals surface area contributed by atoms with Crippen molar-refractivity contribution in [3.63, 3.8) is 0 Å². The minimum atomic E-state index is -0.214. The number of aromatic nitrogens is 1. The summed E-state index contributed by atoms with van der Waals surface area (Å²) >= 11 is 6.15. The Bertz CT molecular complexity index is 400. The van der Waals surface area contributed by atoms with Gasteiger partial charge in [0.2, 0.25) is 5.88 Å². The molecule has 94 valence electrons. The van der Waals surface area contributed by atoms with Gasteiger partial charge >= 0.3 is 0 Å². The second kappa shape index (κ2) is 5.10. The van der Waals surface area contributed by atoms with Crippen LogP contribution in [0, 0.1) is 5.92 Å². The molecule has 1 aliphatic rings. The van der Waals surface area contributed by atoms with Crippen LogP contribution >= 0.6 is 11.6 Å². The molecule has 2 heterocycles. The first-order chi connectivity index (χ1) is 8.11. The maximum Gasteiger partial charge on any atom is 0.215 e. The fourth-order valence-corrected chi connectivity index (χ4v) is 2.34. The lowest BCUT2D eigenvalue weighted by Gasteiger charge is -2.36. The van der Waals surface area contributed by atoms with Crippen molar-refractivity contribution >= 4 is 17.3 Å². The highest BCUT2D eigenvalue weighted by molar-refractivity contribution is 6.33. The van der Waals surface area contributed by atoms with Gasteiger partial charge in [0.05, 0.1) is 30.1 Å². The van der Waals surface area contributed by atoms with Gasteiger partial charge in [0, 0.05) is 19.2 Å². The van der Waals surface area contributed by atoms with E-state index in [2.05, 4.69) is 9.88 Å². The molecule has 1 fully saturated rings. The molecule has 0 spiro atoms. The van der Waals surface area contributed by atoms with E-state index in [0.29, 0.717) is 10.9 Å². The number of aliphatic hydroxyl groups excluding tert-OH is 1. The van der Waals surface area contributed by atoms with Crippen LogP contribution in [0.4, 0.5) is 5.69 Å². The molecule has 1 N–H and O–H groups in total. The van der Waals surface area contributed by atoms with Crippen LogP contribution in [-0.4, -0.2) is 36.4 Å². The van der Waals surface area contributed by atoms with E-state index in [-0.39, 0.29) is 12.0 Å². The summed E-state index contributed by atoms with van der Waals surface area (Å²) in [5.74, 6) is 0.808. The first-order valence-electron chi connectivity index (χ1n) is 5.74. The number of hydrogen-bond acceptors (Lipinski definition) is 4. The van der Waals surface area contributed by atoms with Crippen LogP contribution in [0.3, 0.4) is 0 Å². The van der Waals surface area contributed by atoms with Crippen LogP contribution in [-0.2, 0) is 0 Å². The number of methoxy groups -OCH3 is 1. The summed E-state index contributed by atoms with van der Waals surface area (Å²) in [4.78, 5) is 6.23. The maximum atomic E-state index is 9.72. The van der Waals surface area contributed by atoms with Crippen molar-refractivity contribution in [2.75, 3.05) is 25.1 Å². The Labute approximate surface area is 106 Å². The van der Waals surface area contributed by atoms with E-state index in [0.717, 1.165) is 25.2 Å². The number of hydrogen-bond donors (Lipinski definition) is 1. The lowest BCUT2D eigenvalue weighted by Crippen LogP contribution is -2.42. The van der Waals surface area contributed by atoms with Crippen LogP contribution in [0.15, 0.2) is 12.3 Å². The van der Waals surface area contributed by atoms with Crippen LogP contribution in [0.25, 0.3) is 0 Å². The molecule has 4 nitrogen and oxygen atoms in total. The van der Waals surface area contributed by atoms with Crippen molar-refractivity contribution in [2.45, 2.75) is 19.4 Å².